The number of benzene rings is 3. The molecule has 180 valence electrons. The third-order valence-corrected chi connectivity index (χ3v) is 6.98. The number of nitrogens with one attached hydrogen (secondary N) is 1. The third-order valence-electron chi connectivity index (χ3n) is 5.66. The molecule has 0 unspecified atom stereocenters. The minimum Gasteiger partial charge on any atom is -0.504 e. The van der Waals surface area contributed by atoms with Gasteiger partial charge in [-0.2, -0.15) is 5.10 Å². The van der Waals surface area contributed by atoms with Gasteiger partial charge in [-0.1, -0.05) is 42.5 Å². The van der Waals surface area contributed by atoms with Crippen molar-refractivity contribution < 1.29 is 14.6 Å². The van der Waals surface area contributed by atoms with Crippen molar-refractivity contribution in [2.24, 2.45) is 5.10 Å². The number of aromatic hydroxyl groups is 1. The second kappa shape index (κ2) is 10.5. The number of hydrogen-bond donors (Lipinski definition) is 2. The Balaban J connectivity index is 1.42. The zero-order chi connectivity index (χ0) is 24.9. The summed E-state index contributed by atoms with van der Waals surface area (Å²) in [5.74, 6) is 1.89. The number of methoxy groups -OCH3 is 1. The van der Waals surface area contributed by atoms with Crippen LogP contribution in [0.15, 0.2) is 84.2 Å². The fourth-order valence-electron chi connectivity index (χ4n) is 3.83. The summed E-state index contributed by atoms with van der Waals surface area (Å²) >= 11 is 1.60. The summed E-state index contributed by atoms with van der Waals surface area (Å²) in [5, 5.41) is 14.3. The van der Waals surface area contributed by atoms with E-state index in [1.54, 1.807) is 35.8 Å². The molecule has 0 aliphatic heterocycles. The number of para-hydroxylation sites is 1. The molecule has 0 spiro atoms. The van der Waals surface area contributed by atoms with Crippen LogP contribution in [-0.4, -0.2) is 28.4 Å². The summed E-state index contributed by atoms with van der Waals surface area (Å²) in [6, 6.07) is 23.2. The van der Waals surface area contributed by atoms with Crippen molar-refractivity contribution in [3.8, 4) is 27.7 Å². The Morgan fingerprint density at radius 3 is 2.61 bits per heavy atom. The van der Waals surface area contributed by atoms with Crippen LogP contribution in [0.2, 0.25) is 0 Å². The first-order valence-electron chi connectivity index (χ1n) is 11.3. The number of phenolic OH excluding ortho intramolecular Hbond substituents is 1. The van der Waals surface area contributed by atoms with Crippen molar-refractivity contribution in [2.45, 2.75) is 13.5 Å². The number of rotatable bonds is 8. The highest BCUT2D eigenvalue weighted by Gasteiger charge is 2.18. The Morgan fingerprint density at radius 2 is 1.81 bits per heavy atom. The van der Waals surface area contributed by atoms with Gasteiger partial charge in [0.15, 0.2) is 17.3 Å². The highest BCUT2D eigenvalue weighted by molar-refractivity contribution is 7.23. The van der Waals surface area contributed by atoms with Gasteiger partial charge >= 0.3 is 0 Å². The number of fused-ring (bicyclic) bond motifs is 1. The SMILES string of the molecule is COc1ccc(C=NNc2ncnc3c(C)c(-c4ccccc4OCc4ccccc4)sc23)cc1O. The molecule has 0 aliphatic carbocycles. The summed E-state index contributed by atoms with van der Waals surface area (Å²) in [6.45, 7) is 2.55. The fraction of sp³-hybridized carbons (Fsp3) is 0.107. The lowest BCUT2D eigenvalue weighted by atomic mass is 10.1. The maximum absolute atomic E-state index is 9.98. The van der Waals surface area contributed by atoms with Gasteiger partial charge in [-0.15, -0.1) is 11.3 Å². The number of aromatic nitrogens is 2. The van der Waals surface area contributed by atoms with E-state index in [0.717, 1.165) is 43.1 Å². The lowest BCUT2D eigenvalue weighted by Gasteiger charge is -2.11. The van der Waals surface area contributed by atoms with Gasteiger partial charge in [-0.25, -0.2) is 9.97 Å². The predicted octanol–water partition coefficient (Wildman–Crippen LogP) is 6.41. The summed E-state index contributed by atoms with van der Waals surface area (Å²) in [5.41, 5.74) is 7.79. The van der Waals surface area contributed by atoms with Crippen LogP contribution in [0.5, 0.6) is 17.2 Å². The standard InChI is InChI=1S/C28H24N4O3S/c1-18-25-27(28(30-17-29-25)32-31-15-20-12-13-24(34-2)22(33)14-20)36-26(18)21-10-6-7-11-23(21)35-16-19-8-4-3-5-9-19/h3-15,17,33H,16H2,1-2H3,(H,29,30,32). The molecule has 3 aromatic carbocycles. The molecule has 36 heavy (non-hydrogen) atoms. The molecule has 7 nitrogen and oxygen atoms in total. The summed E-state index contributed by atoms with van der Waals surface area (Å²) in [6.07, 6.45) is 3.14. The Morgan fingerprint density at radius 1 is 1.00 bits per heavy atom. The Labute approximate surface area is 212 Å². The molecule has 0 radical (unpaired) electrons. The molecule has 8 heteroatoms. The highest BCUT2D eigenvalue weighted by Crippen LogP contribution is 2.43. The number of hydrogen-bond acceptors (Lipinski definition) is 8. The second-order valence-corrected chi connectivity index (χ2v) is 9.05. The maximum Gasteiger partial charge on any atom is 0.167 e. The van der Waals surface area contributed by atoms with E-state index in [0.29, 0.717) is 18.2 Å². The summed E-state index contributed by atoms with van der Waals surface area (Å²) in [7, 11) is 1.51. The quantitative estimate of drug-likeness (QED) is 0.191. The van der Waals surface area contributed by atoms with Crippen molar-refractivity contribution in [3.63, 3.8) is 0 Å². The van der Waals surface area contributed by atoms with Gasteiger partial charge in [0.25, 0.3) is 0 Å². The normalized spacial score (nSPS) is 11.2. The van der Waals surface area contributed by atoms with Gasteiger partial charge in [0.2, 0.25) is 0 Å². The first kappa shape index (κ1) is 23.3. The average Bonchev–Trinajstić information content (AvgIpc) is 3.25. The van der Waals surface area contributed by atoms with Crippen LogP contribution < -0.4 is 14.9 Å². The van der Waals surface area contributed by atoms with E-state index in [9.17, 15) is 5.11 Å². The summed E-state index contributed by atoms with van der Waals surface area (Å²) < 4.78 is 12.2. The van der Waals surface area contributed by atoms with E-state index in [1.165, 1.54) is 13.4 Å². The van der Waals surface area contributed by atoms with Crippen molar-refractivity contribution in [1.29, 1.82) is 0 Å². The van der Waals surface area contributed by atoms with Crippen molar-refractivity contribution in [3.05, 3.63) is 95.8 Å². The minimum absolute atomic E-state index is 0.0533. The molecule has 0 atom stereocenters. The minimum atomic E-state index is 0.0533. The first-order valence-corrected chi connectivity index (χ1v) is 12.1. The fourth-order valence-corrected chi connectivity index (χ4v) is 5.06. The van der Waals surface area contributed by atoms with Crippen LogP contribution >= 0.6 is 11.3 Å². The van der Waals surface area contributed by atoms with Crippen LogP contribution in [0.1, 0.15) is 16.7 Å². The van der Waals surface area contributed by atoms with Gasteiger partial charge in [0, 0.05) is 10.4 Å². The molecule has 0 aliphatic rings. The number of hydrazone groups is 1. The van der Waals surface area contributed by atoms with Crippen molar-refractivity contribution >= 4 is 33.6 Å². The number of aryl methyl sites for hydroxylation is 1. The van der Waals surface area contributed by atoms with Crippen LogP contribution in [0.4, 0.5) is 5.82 Å². The lowest BCUT2D eigenvalue weighted by molar-refractivity contribution is 0.307. The highest BCUT2D eigenvalue weighted by atomic mass is 32.1. The van der Waals surface area contributed by atoms with E-state index in [4.69, 9.17) is 9.47 Å². The molecule has 2 N–H and O–H groups in total. The van der Waals surface area contributed by atoms with Crippen LogP contribution in [0, 0.1) is 6.92 Å². The molecule has 2 heterocycles. The molecule has 0 fully saturated rings. The van der Waals surface area contributed by atoms with Crippen LogP contribution in [0.25, 0.3) is 20.7 Å². The van der Waals surface area contributed by atoms with Crippen LogP contribution in [0.3, 0.4) is 0 Å². The third kappa shape index (κ3) is 4.85. The topological polar surface area (TPSA) is 88.9 Å². The molecule has 5 aromatic rings. The molecule has 5 rings (SSSR count). The number of anilines is 1. The van der Waals surface area contributed by atoms with E-state index in [-0.39, 0.29) is 5.75 Å². The van der Waals surface area contributed by atoms with E-state index < -0.39 is 0 Å². The molecular weight excluding hydrogens is 472 g/mol. The number of phenols is 1. The van der Waals surface area contributed by atoms with Gasteiger partial charge in [0.05, 0.1) is 23.5 Å². The molecule has 0 bridgehead atoms. The molecular formula is C28H24N4O3S. The number of nitrogens with zero attached hydrogens (tertiary/aromatic N) is 3. The van der Waals surface area contributed by atoms with Gasteiger partial charge in [0.1, 0.15) is 18.7 Å². The number of thiophene rings is 1. The van der Waals surface area contributed by atoms with Gasteiger partial charge in [-0.3, -0.25) is 5.43 Å². The maximum atomic E-state index is 9.98. The van der Waals surface area contributed by atoms with E-state index >= 15 is 0 Å². The number of ether oxygens (including phenoxy) is 2. The lowest BCUT2D eigenvalue weighted by Crippen LogP contribution is -1.96. The van der Waals surface area contributed by atoms with Crippen molar-refractivity contribution in [2.75, 3.05) is 12.5 Å². The largest absolute Gasteiger partial charge is 0.504 e. The second-order valence-electron chi connectivity index (χ2n) is 8.03. The Bertz CT molecular complexity index is 1530. The van der Waals surface area contributed by atoms with Gasteiger partial charge in [-0.05, 0) is 53.9 Å². The molecule has 2 aromatic heterocycles. The smallest absolute Gasteiger partial charge is 0.167 e. The average molecular weight is 497 g/mol. The predicted molar refractivity (Wildman–Crippen MR) is 144 cm³/mol. The van der Waals surface area contributed by atoms with E-state index in [1.807, 2.05) is 36.4 Å². The zero-order valence-electron chi connectivity index (χ0n) is 19.8. The zero-order valence-corrected chi connectivity index (χ0v) is 20.6. The summed E-state index contributed by atoms with van der Waals surface area (Å²) in [4.78, 5) is 10.0. The van der Waals surface area contributed by atoms with E-state index in [2.05, 4.69) is 45.6 Å². The molecule has 0 amide bonds. The Kier molecular flexibility index (Phi) is 6.77. The molecule has 0 saturated heterocycles. The van der Waals surface area contributed by atoms with Crippen LogP contribution in [-0.2, 0) is 6.61 Å². The Hall–Kier alpha value is -4.43. The monoisotopic (exact) mass is 496 g/mol. The van der Waals surface area contributed by atoms with Crippen molar-refractivity contribution in [1.82, 2.24) is 9.97 Å². The molecule has 0 saturated carbocycles. The first-order chi connectivity index (χ1) is 17.6. The van der Waals surface area contributed by atoms with Gasteiger partial charge < -0.3 is 14.6 Å².